The van der Waals surface area contributed by atoms with E-state index in [1.54, 1.807) is 0 Å². The minimum atomic E-state index is 0.282. The Morgan fingerprint density at radius 3 is 2.70 bits per heavy atom. The maximum absolute atomic E-state index is 5.85. The number of ether oxygens (including phenoxy) is 1. The van der Waals surface area contributed by atoms with E-state index in [1.165, 1.54) is 0 Å². The Labute approximate surface area is 120 Å². The molecule has 0 aliphatic heterocycles. The summed E-state index contributed by atoms with van der Waals surface area (Å²) in [7, 11) is 1.94. The highest BCUT2D eigenvalue weighted by atomic mass is 16.5. The Bertz CT molecular complexity index is 495. The predicted octanol–water partition coefficient (Wildman–Crippen LogP) is 2.41. The van der Waals surface area contributed by atoms with Crippen molar-refractivity contribution in [3.63, 3.8) is 0 Å². The van der Waals surface area contributed by atoms with Gasteiger partial charge >= 0.3 is 0 Å². The van der Waals surface area contributed by atoms with Crippen molar-refractivity contribution in [1.29, 1.82) is 0 Å². The molecule has 1 aromatic carbocycles. The zero-order valence-electron chi connectivity index (χ0n) is 12.2. The molecule has 0 saturated heterocycles. The number of nitrogens with zero attached hydrogens (tertiary/aromatic N) is 2. The maximum Gasteiger partial charge on any atom is 0.119 e. The molecule has 0 bridgehead atoms. The number of nitrogens with one attached hydrogen (secondary N) is 1. The summed E-state index contributed by atoms with van der Waals surface area (Å²) in [5.74, 6) is 0.914. The molecule has 20 heavy (non-hydrogen) atoms. The third kappa shape index (κ3) is 4.70. The Morgan fingerprint density at radius 1 is 1.25 bits per heavy atom. The summed E-state index contributed by atoms with van der Waals surface area (Å²) in [6.45, 7) is 3.82. The molecule has 108 valence electrons. The topological polar surface area (TPSA) is 39.1 Å². The van der Waals surface area contributed by atoms with Crippen LogP contribution in [-0.2, 0) is 13.5 Å². The van der Waals surface area contributed by atoms with Crippen LogP contribution in [0.4, 0.5) is 0 Å². The molecule has 0 saturated carbocycles. The summed E-state index contributed by atoms with van der Waals surface area (Å²) in [5, 5.41) is 7.96. The van der Waals surface area contributed by atoms with Crippen LogP contribution in [0.2, 0.25) is 0 Å². The number of para-hydroxylation sites is 1. The quantitative estimate of drug-likeness (QED) is 0.803. The lowest BCUT2D eigenvalue weighted by Gasteiger charge is -2.18. The van der Waals surface area contributed by atoms with Gasteiger partial charge in [-0.3, -0.25) is 4.68 Å². The van der Waals surface area contributed by atoms with Crippen molar-refractivity contribution in [2.75, 3.05) is 13.2 Å². The second-order valence-corrected chi connectivity index (χ2v) is 4.96. The number of rotatable bonds is 8. The van der Waals surface area contributed by atoms with E-state index in [2.05, 4.69) is 23.4 Å². The van der Waals surface area contributed by atoms with Gasteiger partial charge in [0.15, 0.2) is 0 Å². The second-order valence-electron chi connectivity index (χ2n) is 4.96. The summed E-state index contributed by atoms with van der Waals surface area (Å²) < 4.78 is 7.68. The second kappa shape index (κ2) is 7.70. The Kier molecular flexibility index (Phi) is 5.62. The molecule has 1 atom stereocenters. The standard InChI is InChI=1S/C16H23N3O/c1-3-10-17-15(12-14-9-11-19(2)18-14)13-20-16-7-5-4-6-8-16/h4-9,11,15,17H,3,10,12-13H2,1-2H3. The lowest BCUT2D eigenvalue weighted by molar-refractivity contribution is 0.262. The fourth-order valence-electron chi connectivity index (χ4n) is 2.08. The highest BCUT2D eigenvalue weighted by molar-refractivity contribution is 5.21. The van der Waals surface area contributed by atoms with Crippen LogP contribution < -0.4 is 10.1 Å². The molecule has 1 aromatic heterocycles. The first-order valence-electron chi connectivity index (χ1n) is 7.17. The van der Waals surface area contributed by atoms with Gasteiger partial charge < -0.3 is 10.1 Å². The molecule has 0 aliphatic rings. The number of aryl methyl sites for hydroxylation is 1. The van der Waals surface area contributed by atoms with Crippen molar-refractivity contribution in [1.82, 2.24) is 15.1 Å². The maximum atomic E-state index is 5.85. The fourth-order valence-corrected chi connectivity index (χ4v) is 2.08. The fraction of sp³-hybridized carbons (Fsp3) is 0.438. The Hall–Kier alpha value is -1.81. The van der Waals surface area contributed by atoms with Gasteiger partial charge in [-0.05, 0) is 31.2 Å². The van der Waals surface area contributed by atoms with Gasteiger partial charge in [0.25, 0.3) is 0 Å². The first kappa shape index (κ1) is 14.6. The van der Waals surface area contributed by atoms with E-state index in [9.17, 15) is 0 Å². The zero-order valence-corrected chi connectivity index (χ0v) is 12.2. The van der Waals surface area contributed by atoms with Crippen LogP contribution in [0, 0.1) is 0 Å². The predicted molar refractivity (Wildman–Crippen MR) is 80.9 cm³/mol. The van der Waals surface area contributed by atoms with Gasteiger partial charge in [-0.25, -0.2) is 0 Å². The van der Waals surface area contributed by atoms with Crippen molar-refractivity contribution in [2.24, 2.45) is 7.05 Å². The molecule has 0 fully saturated rings. The van der Waals surface area contributed by atoms with E-state index in [0.717, 1.165) is 30.8 Å². The summed E-state index contributed by atoms with van der Waals surface area (Å²) in [4.78, 5) is 0. The van der Waals surface area contributed by atoms with E-state index >= 15 is 0 Å². The molecule has 1 N–H and O–H groups in total. The zero-order chi connectivity index (χ0) is 14.2. The summed E-state index contributed by atoms with van der Waals surface area (Å²) in [6.07, 6.45) is 3.97. The van der Waals surface area contributed by atoms with E-state index in [0.29, 0.717) is 6.61 Å². The average Bonchev–Trinajstić information content (AvgIpc) is 2.88. The molecular formula is C16H23N3O. The Balaban J connectivity index is 1.89. The normalized spacial score (nSPS) is 12.3. The number of hydrogen-bond donors (Lipinski definition) is 1. The van der Waals surface area contributed by atoms with E-state index in [-0.39, 0.29) is 6.04 Å². The SMILES string of the molecule is CCCNC(COc1ccccc1)Cc1ccn(C)n1. The molecule has 1 unspecified atom stereocenters. The van der Waals surface area contributed by atoms with Gasteiger partial charge in [0, 0.05) is 25.7 Å². The number of benzene rings is 1. The third-order valence-electron chi connectivity index (χ3n) is 3.10. The molecular weight excluding hydrogens is 250 g/mol. The summed E-state index contributed by atoms with van der Waals surface area (Å²) in [5.41, 5.74) is 1.10. The third-order valence-corrected chi connectivity index (χ3v) is 3.10. The summed E-state index contributed by atoms with van der Waals surface area (Å²) in [6, 6.07) is 12.3. The van der Waals surface area contributed by atoms with Crippen LogP contribution >= 0.6 is 0 Å². The molecule has 0 aliphatic carbocycles. The molecule has 0 spiro atoms. The van der Waals surface area contributed by atoms with Crippen LogP contribution in [0.5, 0.6) is 5.75 Å². The van der Waals surface area contributed by atoms with Crippen molar-refractivity contribution < 1.29 is 4.74 Å². The minimum absolute atomic E-state index is 0.282. The monoisotopic (exact) mass is 273 g/mol. The smallest absolute Gasteiger partial charge is 0.119 e. The lowest BCUT2D eigenvalue weighted by atomic mass is 10.1. The first-order chi connectivity index (χ1) is 9.78. The van der Waals surface area contributed by atoms with E-state index < -0.39 is 0 Å². The van der Waals surface area contributed by atoms with Crippen LogP contribution in [0.25, 0.3) is 0 Å². The molecule has 0 radical (unpaired) electrons. The average molecular weight is 273 g/mol. The van der Waals surface area contributed by atoms with Gasteiger partial charge in [0.1, 0.15) is 12.4 Å². The minimum Gasteiger partial charge on any atom is -0.492 e. The van der Waals surface area contributed by atoms with Gasteiger partial charge in [-0.1, -0.05) is 25.1 Å². The first-order valence-corrected chi connectivity index (χ1v) is 7.17. The molecule has 0 amide bonds. The summed E-state index contributed by atoms with van der Waals surface area (Å²) >= 11 is 0. The molecule has 2 aromatic rings. The van der Waals surface area contributed by atoms with Gasteiger partial charge in [-0.2, -0.15) is 5.10 Å². The van der Waals surface area contributed by atoms with Gasteiger partial charge in [-0.15, -0.1) is 0 Å². The highest BCUT2D eigenvalue weighted by Gasteiger charge is 2.11. The van der Waals surface area contributed by atoms with E-state index in [4.69, 9.17) is 4.74 Å². The van der Waals surface area contributed by atoms with Gasteiger partial charge in [0.05, 0.1) is 5.69 Å². The van der Waals surface area contributed by atoms with Crippen molar-refractivity contribution in [3.8, 4) is 5.75 Å². The van der Waals surface area contributed by atoms with Crippen LogP contribution in [-0.4, -0.2) is 29.0 Å². The van der Waals surface area contributed by atoms with Gasteiger partial charge in [0.2, 0.25) is 0 Å². The highest BCUT2D eigenvalue weighted by Crippen LogP contribution is 2.09. The van der Waals surface area contributed by atoms with Crippen molar-refractivity contribution in [3.05, 3.63) is 48.3 Å². The van der Waals surface area contributed by atoms with E-state index in [1.807, 2.05) is 48.3 Å². The van der Waals surface area contributed by atoms with Crippen molar-refractivity contribution >= 4 is 0 Å². The number of aromatic nitrogens is 2. The van der Waals surface area contributed by atoms with Crippen molar-refractivity contribution in [2.45, 2.75) is 25.8 Å². The number of hydrogen-bond acceptors (Lipinski definition) is 3. The van der Waals surface area contributed by atoms with Crippen LogP contribution in [0.15, 0.2) is 42.6 Å². The molecule has 4 heteroatoms. The molecule has 2 rings (SSSR count). The molecule has 1 heterocycles. The van der Waals surface area contributed by atoms with Crippen LogP contribution in [0.1, 0.15) is 19.0 Å². The molecule has 4 nitrogen and oxygen atoms in total. The van der Waals surface area contributed by atoms with Crippen LogP contribution in [0.3, 0.4) is 0 Å². The Morgan fingerprint density at radius 2 is 2.05 bits per heavy atom. The lowest BCUT2D eigenvalue weighted by Crippen LogP contribution is -2.37. The largest absolute Gasteiger partial charge is 0.492 e.